The maximum atomic E-state index is 11.4. The van der Waals surface area contributed by atoms with Crippen LogP contribution in [0.3, 0.4) is 0 Å². The Morgan fingerprint density at radius 1 is 1.28 bits per heavy atom. The van der Waals surface area contributed by atoms with Crippen LogP contribution in [0.25, 0.3) is 11.3 Å². The molecule has 0 bridgehead atoms. The number of benzene rings is 1. The van der Waals surface area contributed by atoms with Crippen molar-refractivity contribution in [1.29, 1.82) is 0 Å². The SMILES string of the molecule is C=CCCCc1ccccc1-c1cn(COCC[Si](C)(C)C)c(C(CC=C)NC(=O)O)n1. The summed E-state index contributed by atoms with van der Waals surface area (Å²) in [6.07, 6.45) is 7.88. The summed E-state index contributed by atoms with van der Waals surface area (Å²) in [5.74, 6) is 0.635. The predicted molar refractivity (Wildman–Crippen MR) is 134 cm³/mol. The molecule has 1 aromatic carbocycles. The third-order valence-corrected chi connectivity index (χ3v) is 6.90. The molecule has 32 heavy (non-hydrogen) atoms. The first-order valence-corrected chi connectivity index (χ1v) is 14.9. The van der Waals surface area contributed by atoms with Crippen molar-refractivity contribution in [2.75, 3.05) is 6.61 Å². The lowest BCUT2D eigenvalue weighted by molar-refractivity contribution is 0.0837. The van der Waals surface area contributed by atoms with Crippen molar-refractivity contribution in [3.8, 4) is 11.3 Å². The van der Waals surface area contributed by atoms with E-state index in [1.807, 2.05) is 29.0 Å². The van der Waals surface area contributed by atoms with Crippen molar-refractivity contribution in [3.05, 3.63) is 67.2 Å². The molecule has 0 aliphatic rings. The Bertz CT molecular complexity index is 902. The number of nitrogens with zero attached hydrogens (tertiary/aromatic N) is 2. The van der Waals surface area contributed by atoms with E-state index < -0.39 is 20.2 Å². The number of imidazole rings is 1. The molecule has 0 radical (unpaired) electrons. The summed E-state index contributed by atoms with van der Waals surface area (Å²) < 4.78 is 7.89. The molecule has 1 heterocycles. The molecule has 1 unspecified atom stereocenters. The molecule has 0 spiro atoms. The van der Waals surface area contributed by atoms with Crippen LogP contribution in [0.4, 0.5) is 4.79 Å². The number of hydrogen-bond acceptors (Lipinski definition) is 3. The Hall–Kier alpha value is -2.64. The van der Waals surface area contributed by atoms with Crippen LogP contribution in [0.15, 0.2) is 55.8 Å². The van der Waals surface area contributed by atoms with Crippen molar-refractivity contribution in [2.24, 2.45) is 0 Å². The molecule has 1 atom stereocenters. The van der Waals surface area contributed by atoms with Crippen LogP contribution in [0, 0.1) is 0 Å². The topological polar surface area (TPSA) is 76.4 Å². The zero-order chi connectivity index (χ0) is 23.6. The first-order chi connectivity index (χ1) is 15.2. The second-order valence-electron chi connectivity index (χ2n) is 9.17. The first kappa shape index (κ1) is 25.6. The first-order valence-electron chi connectivity index (χ1n) is 11.2. The van der Waals surface area contributed by atoms with Crippen LogP contribution in [-0.2, 0) is 17.9 Å². The van der Waals surface area contributed by atoms with Gasteiger partial charge in [-0.2, -0.15) is 0 Å². The number of allylic oxidation sites excluding steroid dienone is 1. The zero-order valence-electron chi connectivity index (χ0n) is 19.6. The highest BCUT2D eigenvalue weighted by molar-refractivity contribution is 6.76. The average Bonchev–Trinajstić information content (AvgIpc) is 3.14. The van der Waals surface area contributed by atoms with Gasteiger partial charge in [0.15, 0.2) is 0 Å². The minimum Gasteiger partial charge on any atom is -0.465 e. The van der Waals surface area contributed by atoms with Gasteiger partial charge in [0.2, 0.25) is 0 Å². The lowest BCUT2D eigenvalue weighted by Gasteiger charge is -2.18. The molecule has 2 N–H and O–H groups in total. The van der Waals surface area contributed by atoms with Gasteiger partial charge in [0.25, 0.3) is 0 Å². The van der Waals surface area contributed by atoms with Crippen molar-refractivity contribution in [3.63, 3.8) is 0 Å². The van der Waals surface area contributed by atoms with E-state index in [0.717, 1.165) is 36.6 Å². The Kier molecular flexibility index (Phi) is 9.93. The number of amides is 1. The number of carbonyl (C=O) groups is 1. The highest BCUT2D eigenvalue weighted by Crippen LogP contribution is 2.27. The molecule has 174 valence electrons. The molecular formula is C25H37N3O3Si. The lowest BCUT2D eigenvalue weighted by atomic mass is 10.00. The summed E-state index contributed by atoms with van der Waals surface area (Å²) in [4.78, 5) is 16.3. The molecule has 1 aromatic heterocycles. The molecule has 2 rings (SSSR count). The number of rotatable bonds is 14. The van der Waals surface area contributed by atoms with E-state index in [1.165, 1.54) is 5.56 Å². The van der Waals surface area contributed by atoms with Crippen LogP contribution in [0.2, 0.25) is 25.7 Å². The summed E-state index contributed by atoms with van der Waals surface area (Å²) in [7, 11) is -1.20. The van der Waals surface area contributed by atoms with Crippen LogP contribution >= 0.6 is 0 Å². The maximum Gasteiger partial charge on any atom is 0.405 e. The minimum atomic E-state index is -1.20. The normalized spacial score (nSPS) is 12.3. The lowest BCUT2D eigenvalue weighted by Crippen LogP contribution is -2.29. The molecule has 1 amide bonds. The smallest absolute Gasteiger partial charge is 0.405 e. The van der Waals surface area contributed by atoms with E-state index in [0.29, 0.717) is 25.6 Å². The highest BCUT2D eigenvalue weighted by atomic mass is 28.3. The molecule has 0 saturated heterocycles. The second kappa shape index (κ2) is 12.4. The number of unbranched alkanes of at least 4 members (excludes halogenated alkanes) is 1. The van der Waals surface area contributed by atoms with Gasteiger partial charge in [0, 0.05) is 26.4 Å². The zero-order valence-corrected chi connectivity index (χ0v) is 20.6. The fourth-order valence-corrected chi connectivity index (χ4v) is 4.21. The van der Waals surface area contributed by atoms with Gasteiger partial charge in [-0.3, -0.25) is 0 Å². The Morgan fingerprint density at radius 2 is 2.03 bits per heavy atom. The van der Waals surface area contributed by atoms with Gasteiger partial charge in [-0.15, -0.1) is 13.2 Å². The summed E-state index contributed by atoms with van der Waals surface area (Å²) in [6, 6.07) is 8.81. The summed E-state index contributed by atoms with van der Waals surface area (Å²) in [5, 5.41) is 11.9. The number of carboxylic acid groups (broad SMARTS) is 1. The number of nitrogens with one attached hydrogen (secondary N) is 1. The third kappa shape index (κ3) is 8.13. The van der Waals surface area contributed by atoms with E-state index in [1.54, 1.807) is 6.08 Å². The van der Waals surface area contributed by atoms with Gasteiger partial charge in [-0.25, -0.2) is 9.78 Å². The molecule has 2 aromatic rings. The van der Waals surface area contributed by atoms with Crippen molar-refractivity contribution < 1.29 is 14.6 Å². The van der Waals surface area contributed by atoms with Crippen molar-refractivity contribution in [2.45, 2.75) is 64.1 Å². The maximum absolute atomic E-state index is 11.4. The Labute approximate surface area is 193 Å². The number of aryl methyl sites for hydroxylation is 1. The monoisotopic (exact) mass is 455 g/mol. The number of hydrogen-bond donors (Lipinski definition) is 2. The average molecular weight is 456 g/mol. The van der Waals surface area contributed by atoms with Gasteiger partial charge >= 0.3 is 6.09 Å². The Morgan fingerprint density at radius 3 is 2.69 bits per heavy atom. The summed E-state index contributed by atoms with van der Waals surface area (Å²) >= 11 is 0. The molecule has 0 saturated carbocycles. The summed E-state index contributed by atoms with van der Waals surface area (Å²) in [5.41, 5.74) is 3.10. The van der Waals surface area contributed by atoms with Gasteiger partial charge in [-0.05, 0) is 37.3 Å². The largest absolute Gasteiger partial charge is 0.465 e. The number of aromatic nitrogens is 2. The van der Waals surface area contributed by atoms with Gasteiger partial charge < -0.3 is 19.7 Å². The van der Waals surface area contributed by atoms with Gasteiger partial charge in [-0.1, -0.05) is 56.1 Å². The van der Waals surface area contributed by atoms with Crippen molar-refractivity contribution >= 4 is 14.2 Å². The standard InChI is InChI=1S/C25H37N3O3Si/c1-6-8-9-13-20-14-10-11-15-21(20)23-18-28(19-31-16-17-32(3,4)5)24(26-23)22(12-7-2)27-25(29)30/h6-7,10-11,14-15,18,22,27H,1-2,8-9,12-13,16-17,19H2,3-5H3,(H,29,30). The quantitative estimate of drug-likeness (QED) is 0.200. The fourth-order valence-electron chi connectivity index (χ4n) is 3.45. The van der Waals surface area contributed by atoms with E-state index >= 15 is 0 Å². The van der Waals surface area contributed by atoms with E-state index in [9.17, 15) is 9.90 Å². The third-order valence-electron chi connectivity index (χ3n) is 5.19. The predicted octanol–water partition coefficient (Wildman–Crippen LogP) is 6.26. The molecule has 0 fully saturated rings. The fraction of sp³-hybridized carbons (Fsp3) is 0.440. The number of ether oxygens (including phenoxy) is 1. The van der Waals surface area contributed by atoms with Crippen LogP contribution in [0.1, 0.15) is 36.7 Å². The summed E-state index contributed by atoms with van der Waals surface area (Å²) in [6.45, 7) is 15.6. The van der Waals surface area contributed by atoms with Gasteiger partial charge in [0.1, 0.15) is 12.6 Å². The minimum absolute atomic E-state index is 0.334. The Balaban J connectivity index is 2.36. The van der Waals surface area contributed by atoms with E-state index in [2.05, 4.69) is 50.2 Å². The van der Waals surface area contributed by atoms with Crippen LogP contribution in [0.5, 0.6) is 0 Å². The second-order valence-corrected chi connectivity index (χ2v) is 14.8. The van der Waals surface area contributed by atoms with Crippen LogP contribution in [-0.4, -0.2) is 35.4 Å². The highest BCUT2D eigenvalue weighted by Gasteiger charge is 2.22. The molecule has 0 aliphatic heterocycles. The molecule has 0 aliphatic carbocycles. The van der Waals surface area contributed by atoms with Gasteiger partial charge in [0.05, 0.1) is 11.7 Å². The van der Waals surface area contributed by atoms with Crippen LogP contribution < -0.4 is 5.32 Å². The van der Waals surface area contributed by atoms with Crippen molar-refractivity contribution in [1.82, 2.24) is 14.9 Å². The van der Waals surface area contributed by atoms with E-state index in [4.69, 9.17) is 9.72 Å². The van der Waals surface area contributed by atoms with E-state index in [-0.39, 0.29) is 0 Å². The molecule has 7 heteroatoms. The molecule has 6 nitrogen and oxygen atoms in total. The molecular weight excluding hydrogens is 418 g/mol.